The van der Waals surface area contributed by atoms with Gasteiger partial charge in [-0.1, -0.05) is 6.07 Å². The summed E-state index contributed by atoms with van der Waals surface area (Å²) in [5.41, 5.74) is 2.17. The summed E-state index contributed by atoms with van der Waals surface area (Å²) in [6.07, 6.45) is 2.70. The van der Waals surface area contributed by atoms with Crippen molar-refractivity contribution in [2.45, 2.75) is 26.2 Å². The third-order valence-electron chi connectivity index (χ3n) is 2.16. The second-order valence-electron chi connectivity index (χ2n) is 3.25. The van der Waals surface area contributed by atoms with E-state index >= 15 is 0 Å². The smallest absolute Gasteiger partial charge is 0.123 e. The molecule has 1 nitrogen and oxygen atoms in total. The highest BCUT2D eigenvalue weighted by molar-refractivity contribution is 5.26. The number of hydrogen-bond acceptors (Lipinski definition) is 1. The van der Waals surface area contributed by atoms with Crippen LogP contribution in [-0.2, 0) is 6.42 Å². The van der Waals surface area contributed by atoms with Gasteiger partial charge in [-0.25, -0.2) is 4.39 Å². The second-order valence-corrected chi connectivity index (χ2v) is 3.25. The fraction of sp³-hybridized carbons (Fsp3) is 0.455. The van der Waals surface area contributed by atoms with E-state index in [1.165, 1.54) is 11.6 Å². The Hall–Kier alpha value is -0.890. The van der Waals surface area contributed by atoms with Crippen LogP contribution in [0.2, 0.25) is 0 Å². The summed E-state index contributed by atoms with van der Waals surface area (Å²) in [5.74, 6) is -0.177. The van der Waals surface area contributed by atoms with Gasteiger partial charge in [0.05, 0.1) is 0 Å². The van der Waals surface area contributed by atoms with E-state index < -0.39 is 0 Å². The highest BCUT2D eigenvalue weighted by Crippen LogP contribution is 2.12. The zero-order chi connectivity index (χ0) is 9.68. The predicted octanol–water partition coefficient (Wildman–Crippen LogP) is 2.45. The van der Waals surface area contributed by atoms with Crippen LogP contribution < -0.4 is 0 Å². The first kappa shape index (κ1) is 10.2. The maximum atomic E-state index is 12.7. The van der Waals surface area contributed by atoms with Gasteiger partial charge >= 0.3 is 0 Å². The molecule has 0 aliphatic heterocycles. The molecule has 1 aromatic carbocycles. The van der Waals surface area contributed by atoms with E-state index in [0.29, 0.717) is 0 Å². The number of aryl methyl sites for hydroxylation is 2. The molecular weight excluding hydrogens is 167 g/mol. The molecule has 0 unspecified atom stereocenters. The standard InChI is InChI=1S/C11H15FO/c1-9-8-11(12)6-5-10(9)4-2-3-7-13/h5-6,8,13H,2-4,7H2,1H3. The molecule has 0 aromatic heterocycles. The number of rotatable bonds is 4. The molecule has 0 saturated heterocycles. The number of unbranched alkanes of at least 4 members (excludes halogenated alkanes) is 1. The van der Waals surface area contributed by atoms with Crippen LogP contribution in [0.1, 0.15) is 24.0 Å². The number of benzene rings is 1. The molecule has 0 amide bonds. The van der Waals surface area contributed by atoms with Crippen LogP contribution in [0.5, 0.6) is 0 Å². The molecule has 0 bridgehead atoms. The quantitative estimate of drug-likeness (QED) is 0.709. The molecule has 0 heterocycles. The first-order valence-corrected chi connectivity index (χ1v) is 4.60. The average molecular weight is 182 g/mol. The molecule has 1 aromatic rings. The van der Waals surface area contributed by atoms with Crippen molar-refractivity contribution in [3.63, 3.8) is 0 Å². The SMILES string of the molecule is Cc1cc(F)ccc1CCCCO. The van der Waals surface area contributed by atoms with Crippen LogP contribution in [0.3, 0.4) is 0 Å². The monoisotopic (exact) mass is 182 g/mol. The van der Waals surface area contributed by atoms with Crippen molar-refractivity contribution < 1.29 is 9.50 Å². The average Bonchev–Trinajstić information content (AvgIpc) is 2.09. The van der Waals surface area contributed by atoms with E-state index in [9.17, 15) is 4.39 Å². The Labute approximate surface area is 78.2 Å². The van der Waals surface area contributed by atoms with E-state index in [0.717, 1.165) is 24.8 Å². The van der Waals surface area contributed by atoms with Gasteiger partial charge in [0.1, 0.15) is 5.82 Å². The molecule has 72 valence electrons. The fourth-order valence-corrected chi connectivity index (χ4v) is 1.37. The minimum atomic E-state index is -0.177. The lowest BCUT2D eigenvalue weighted by atomic mass is 10.0. The van der Waals surface area contributed by atoms with E-state index in [-0.39, 0.29) is 12.4 Å². The second kappa shape index (κ2) is 4.97. The fourth-order valence-electron chi connectivity index (χ4n) is 1.37. The lowest BCUT2D eigenvalue weighted by Crippen LogP contribution is -1.92. The third kappa shape index (κ3) is 3.15. The van der Waals surface area contributed by atoms with Crippen molar-refractivity contribution in [3.05, 3.63) is 35.1 Å². The zero-order valence-electron chi connectivity index (χ0n) is 7.89. The van der Waals surface area contributed by atoms with Crippen molar-refractivity contribution in [1.82, 2.24) is 0 Å². The minimum absolute atomic E-state index is 0.177. The van der Waals surface area contributed by atoms with E-state index in [4.69, 9.17) is 5.11 Å². The van der Waals surface area contributed by atoms with Crippen molar-refractivity contribution in [1.29, 1.82) is 0 Å². The molecule has 0 saturated carbocycles. The van der Waals surface area contributed by atoms with Gasteiger partial charge in [-0.2, -0.15) is 0 Å². The first-order chi connectivity index (χ1) is 6.24. The molecular formula is C11H15FO. The third-order valence-corrected chi connectivity index (χ3v) is 2.16. The Kier molecular flexibility index (Phi) is 3.90. The highest BCUT2D eigenvalue weighted by atomic mass is 19.1. The van der Waals surface area contributed by atoms with Crippen molar-refractivity contribution in [3.8, 4) is 0 Å². The maximum Gasteiger partial charge on any atom is 0.123 e. The van der Waals surface area contributed by atoms with Gasteiger partial charge in [0.25, 0.3) is 0 Å². The van der Waals surface area contributed by atoms with Crippen molar-refractivity contribution in [2.75, 3.05) is 6.61 Å². The largest absolute Gasteiger partial charge is 0.396 e. The Balaban J connectivity index is 2.56. The maximum absolute atomic E-state index is 12.7. The molecule has 0 fully saturated rings. The topological polar surface area (TPSA) is 20.2 Å². The molecule has 1 N–H and O–H groups in total. The molecule has 0 aliphatic rings. The Bertz CT molecular complexity index is 271. The molecule has 0 aliphatic carbocycles. The predicted molar refractivity (Wildman–Crippen MR) is 51.2 cm³/mol. The number of hydrogen-bond donors (Lipinski definition) is 1. The van der Waals surface area contributed by atoms with Crippen LogP contribution in [-0.4, -0.2) is 11.7 Å². The lowest BCUT2D eigenvalue weighted by Gasteiger charge is -2.04. The van der Waals surface area contributed by atoms with Gasteiger partial charge in [-0.05, 0) is 49.4 Å². The van der Waals surface area contributed by atoms with Gasteiger partial charge < -0.3 is 5.11 Å². The summed E-state index contributed by atoms with van der Waals surface area (Å²) >= 11 is 0. The number of aliphatic hydroxyl groups excluding tert-OH is 1. The van der Waals surface area contributed by atoms with Gasteiger partial charge in [-0.15, -0.1) is 0 Å². The zero-order valence-corrected chi connectivity index (χ0v) is 7.89. The van der Waals surface area contributed by atoms with Crippen LogP contribution in [0.25, 0.3) is 0 Å². The summed E-state index contributed by atoms with van der Waals surface area (Å²) in [6.45, 7) is 2.15. The van der Waals surface area contributed by atoms with Crippen LogP contribution in [0.4, 0.5) is 4.39 Å². The molecule has 0 radical (unpaired) electrons. The normalized spacial score (nSPS) is 10.4. The minimum Gasteiger partial charge on any atom is -0.396 e. The Morgan fingerprint density at radius 2 is 2.08 bits per heavy atom. The van der Waals surface area contributed by atoms with Crippen LogP contribution >= 0.6 is 0 Å². The Morgan fingerprint density at radius 3 is 2.69 bits per heavy atom. The van der Waals surface area contributed by atoms with E-state index in [1.807, 2.05) is 13.0 Å². The van der Waals surface area contributed by atoms with E-state index in [1.54, 1.807) is 6.07 Å². The van der Waals surface area contributed by atoms with Crippen molar-refractivity contribution in [2.24, 2.45) is 0 Å². The molecule has 13 heavy (non-hydrogen) atoms. The van der Waals surface area contributed by atoms with Gasteiger partial charge in [0, 0.05) is 6.61 Å². The summed E-state index contributed by atoms with van der Waals surface area (Å²) in [5, 5.41) is 8.60. The number of aliphatic hydroxyl groups is 1. The summed E-state index contributed by atoms with van der Waals surface area (Å²) in [7, 11) is 0. The molecule has 0 spiro atoms. The Morgan fingerprint density at radius 1 is 1.31 bits per heavy atom. The van der Waals surface area contributed by atoms with Crippen LogP contribution in [0.15, 0.2) is 18.2 Å². The highest BCUT2D eigenvalue weighted by Gasteiger charge is 1.99. The molecule has 0 atom stereocenters. The summed E-state index contributed by atoms with van der Waals surface area (Å²) in [6, 6.07) is 4.86. The first-order valence-electron chi connectivity index (χ1n) is 4.60. The molecule has 2 heteroatoms. The van der Waals surface area contributed by atoms with Crippen LogP contribution in [0, 0.1) is 12.7 Å². The van der Waals surface area contributed by atoms with Gasteiger partial charge in [0.2, 0.25) is 0 Å². The van der Waals surface area contributed by atoms with Gasteiger partial charge in [-0.3, -0.25) is 0 Å². The molecule has 1 rings (SSSR count). The van der Waals surface area contributed by atoms with E-state index in [2.05, 4.69) is 0 Å². The lowest BCUT2D eigenvalue weighted by molar-refractivity contribution is 0.284. The number of halogens is 1. The van der Waals surface area contributed by atoms with Crippen molar-refractivity contribution >= 4 is 0 Å². The van der Waals surface area contributed by atoms with Gasteiger partial charge in [0.15, 0.2) is 0 Å². The summed E-state index contributed by atoms with van der Waals surface area (Å²) in [4.78, 5) is 0. The summed E-state index contributed by atoms with van der Waals surface area (Å²) < 4.78 is 12.7.